The van der Waals surface area contributed by atoms with Gasteiger partial charge >= 0.3 is 0 Å². The first-order valence-electron chi connectivity index (χ1n) is 7.36. The summed E-state index contributed by atoms with van der Waals surface area (Å²) in [6.07, 6.45) is 2.66. The maximum Gasteiger partial charge on any atom is 0.0643 e. The average molecular weight is 297 g/mol. The van der Waals surface area contributed by atoms with E-state index in [1.165, 1.54) is 24.1 Å². The molecule has 1 fully saturated rings. The molecule has 1 N–H and O–H groups in total. The molecule has 1 aliphatic carbocycles. The van der Waals surface area contributed by atoms with Crippen molar-refractivity contribution in [2.24, 2.45) is 5.92 Å². The van der Waals surface area contributed by atoms with E-state index in [0.29, 0.717) is 6.04 Å². The standard InChI is InChI=1S/C16H25ClN2O/c1-12(13-7-8-13)19(9-10-20-3)16-14(11-18-2)5-4-6-15(16)17/h4-6,12-13,18H,7-11H2,1-3H3. The lowest BCUT2D eigenvalue weighted by Gasteiger charge is -2.34. The zero-order valence-corrected chi connectivity index (χ0v) is 13.4. The van der Waals surface area contributed by atoms with Gasteiger partial charge in [0.2, 0.25) is 0 Å². The number of nitrogens with one attached hydrogen (secondary N) is 1. The van der Waals surface area contributed by atoms with Gasteiger partial charge in [-0.3, -0.25) is 0 Å². The van der Waals surface area contributed by atoms with Crippen molar-refractivity contribution in [3.63, 3.8) is 0 Å². The summed E-state index contributed by atoms with van der Waals surface area (Å²) in [5, 5.41) is 4.06. The van der Waals surface area contributed by atoms with Gasteiger partial charge in [-0.05, 0) is 44.4 Å². The van der Waals surface area contributed by atoms with E-state index < -0.39 is 0 Å². The van der Waals surface area contributed by atoms with Crippen molar-refractivity contribution in [1.29, 1.82) is 0 Å². The number of hydrogen-bond acceptors (Lipinski definition) is 3. The normalized spacial score (nSPS) is 16.2. The highest BCUT2D eigenvalue weighted by atomic mass is 35.5. The molecule has 0 aliphatic heterocycles. The first-order valence-corrected chi connectivity index (χ1v) is 7.74. The Bertz CT molecular complexity index is 434. The van der Waals surface area contributed by atoms with Crippen LogP contribution in [0, 0.1) is 5.92 Å². The molecule has 1 aliphatic rings. The second-order valence-corrected chi connectivity index (χ2v) is 5.95. The fraction of sp³-hybridized carbons (Fsp3) is 0.625. The second-order valence-electron chi connectivity index (χ2n) is 5.54. The van der Waals surface area contributed by atoms with Gasteiger partial charge in [0.15, 0.2) is 0 Å². The zero-order chi connectivity index (χ0) is 14.5. The summed E-state index contributed by atoms with van der Waals surface area (Å²) < 4.78 is 5.28. The Kier molecular flexibility index (Phi) is 5.70. The Morgan fingerprint density at radius 3 is 2.80 bits per heavy atom. The van der Waals surface area contributed by atoms with Gasteiger partial charge in [0, 0.05) is 26.2 Å². The van der Waals surface area contributed by atoms with Crippen molar-refractivity contribution >= 4 is 17.3 Å². The molecule has 1 aromatic rings. The second kappa shape index (κ2) is 7.30. The molecule has 112 valence electrons. The summed E-state index contributed by atoms with van der Waals surface area (Å²) in [6, 6.07) is 6.67. The minimum absolute atomic E-state index is 0.514. The predicted octanol–water partition coefficient (Wildman–Crippen LogP) is 3.31. The number of methoxy groups -OCH3 is 1. The van der Waals surface area contributed by atoms with Crippen LogP contribution in [0.1, 0.15) is 25.3 Å². The molecular formula is C16H25ClN2O. The lowest BCUT2D eigenvalue weighted by atomic mass is 10.1. The number of nitrogens with zero attached hydrogens (tertiary/aromatic N) is 1. The molecule has 1 aromatic carbocycles. The first-order chi connectivity index (χ1) is 9.69. The van der Waals surface area contributed by atoms with E-state index in [4.69, 9.17) is 16.3 Å². The van der Waals surface area contributed by atoms with E-state index in [-0.39, 0.29) is 0 Å². The summed E-state index contributed by atoms with van der Waals surface area (Å²) in [5.41, 5.74) is 2.42. The van der Waals surface area contributed by atoms with Crippen molar-refractivity contribution in [2.45, 2.75) is 32.4 Å². The highest BCUT2D eigenvalue weighted by Gasteiger charge is 2.33. The van der Waals surface area contributed by atoms with E-state index in [0.717, 1.165) is 30.6 Å². The summed E-state index contributed by atoms with van der Waals surface area (Å²) in [4.78, 5) is 2.43. The summed E-state index contributed by atoms with van der Waals surface area (Å²) >= 11 is 6.50. The maximum atomic E-state index is 6.50. The van der Waals surface area contributed by atoms with E-state index in [1.807, 2.05) is 19.2 Å². The Labute approximate surface area is 127 Å². The molecule has 3 nitrogen and oxygen atoms in total. The Morgan fingerprint density at radius 2 is 2.20 bits per heavy atom. The molecule has 0 spiro atoms. The van der Waals surface area contributed by atoms with Crippen LogP contribution in [0.15, 0.2) is 18.2 Å². The minimum atomic E-state index is 0.514. The third-order valence-corrected chi connectivity index (χ3v) is 4.36. The summed E-state index contributed by atoms with van der Waals surface area (Å²) in [5.74, 6) is 0.797. The molecule has 0 heterocycles. The molecule has 1 saturated carbocycles. The topological polar surface area (TPSA) is 24.5 Å². The van der Waals surface area contributed by atoms with Crippen LogP contribution >= 0.6 is 11.6 Å². The predicted molar refractivity (Wildman–Crippen MR) is 85.6 cm³/mol. The molecular weight excluding hydrogens is 272 g/mol. The summed E-state index contributed by atoms with van der Waals surface area (Å²) in [7, 11) is 3.72. The molecule has 0 amide bonds. The number of halogens is 1. The molecule has 4 heteroatoms. The Hall–Kier alpha value is -0.770. The smallest absolute Gasteiger partial charge is 0.0643 e. The van der Waals surface area contributed by atoms with E-state index >= 15 is 0 Å². The zero-order valence-electron chi connectivity index (χ0n) is 12.7. The number of para-hydroxylation sites is 1. The van der Waals surface area contributed by atoms with Crippen LogP contribution in [0.2, 0.25) is 5.02 Å². The third kappa shape index (κ3) is 3.66. The number of rotatable bonds is 8. The van der Waals surface area contributed by atoms with Crippen LogP contribution in [-0.2, 0) is 11.3 Å². The molecule has 2 rings (SSSR count). The van der Waals surface area contributed by atoms with E-state index in [2.05, 4.69) is 23.2 Å². The van der Waals surface area contributed by atoms with Crippen molar-refractivity contribution < 1.29 is 4.74 Å². The van der Waals surface area contributed by atoms with Gasteiger partial charge in [0.25, 0.3) is 0 Å². The van der Waals surface area contributed by atoms with Gasteiger partial charge in [0.05, 0.1) is 17.3 Å². The number of anilines is 1. The van der Waals surface area contributed by atoms with Gasteiger partial charge in [-0.15, -0.1) is 0 Å². The number of hydrogen-bond donors (Lipinski definition) is 1. The van der Waals surface area contributed by atoms with Gasteiger partial charge < -0.3 is 15.0 Å². The number of ether oxygens (including phenoxy) is 1. The van der Waals surface area contributed by atoms with Crippen LogP contribution in [0.5, 0.6) is 0 Å². The van der Waals surface area contributed by atoms with Gasteiger partial charge in [0.1, 0.15) is 0 Å². The fourth-order valence-corrected chi connectivity index (χ4v) is 3.06. The van der Waals surface area contributed by atoms with Gasteiger partial charge in [-0.25, -0.2) is 0 Å². The molecule has 0 saturated heterocycles. The fourth-order valence-electron chi connectivity index (χ4n) is 2.76. The van der Waals surface area contributed by atoms with Crippen molar-refractivity contribution in [3.05, 3.63) is 28.8 Å². The maximum absolute atomic E-state index is 6.50. The molecule has 0 aromatic heterocycles. The Morgan fingerprint density at radius 1 is 1.45 bits per heavy atom. The lowest BCUT2D eigenvalue weighted by molar-refractivity contribution is 0.202. The molecule has 1 atom stereocenters. The SMILES string of the molecule is CNCc1cccc(Cl)c1N(CCOC)C(C)C1CC1. The quantitative estimate of drug-likeness (QED) is 0.796. The Balaban J connectivity index is 2.30. The summed E-state index contributed by atoms with van der Waals surface area (Å²) in [6.45, 7) is 4.74. The largest absolute Gasteiger partial charge is 0.383 e. The van der Waals surface area contributed by atoms with Crippen LogP contribution in [0.25, 0.3) is 0 Å². The van der Waals surface area contributed by atoms with Crippen LogP contribution < -0.4 is 10.2 Å². The lowest BCUT2D eigenvalue weighted by Crippen LogP contribution is -2.38. The van der Waals surface area contributed by atoms with Crippen molar-refractivity contribution in [2.75, 3.05) is 32.2 Å². The van der Waals surface area contributed by atoms with Crippen LogP contribution in [0.3, 0.4) is 0 Å². The van der Waals surface area contributed by atoms with Gasteiger partial charge in [-0.2, -0.15) is 0 Å². The first kappa shape index (κ1) is 15.6. The van der Waals surface area contributed by atoms with E-state index in [9.17, 15) is 0 Å². The van der Waals surface area contributed by atoms with E-state index in [1.54, 1.807) is 7.11 Å². The van der Waals surface area contributed by atoms with Crippen LogP contribution in [0.4, 0.5) is 5.69 Å². The highest BCUT2D eigenvalue weighted by molar-refractivity contribution is 6.33. The van der Waals surface area contributed by atoms with Crippen molar-refractivity contribution in [3.8, 4) is 0 Å². The van der Waals surface area contributed by atoms with Crippen LogP contribution in [-0.4, -0.2) is 33.4 Å². The molecule has 0 bridgehead atoms. The highest BCUT2D eigenvalue weighted by Crippen LogP contribution is 2.39. The molecule has 0 radical (unpaired) electrons. The van der Waals surface area contributed by atoms with Gasteiger partial charge in [-0.1, -0.05) is 23.7 Å². The van der Waals surface area contributed by atoms with Crippen molar-refractivity contribution in [1.82, 2.24) is 5.32 Å². The monoisotopic (exact) mass is 296 g/mol. The molecule has 20 heavy (non-hydrogen) atoms. The third-order valence-electron chi connectivity index (χ3n) is 4.06. The minimum Gasteiger partial charge on any atom is -0.383 e. The number of benzene rings is 1. The molecule has 1 unspecified atom stereocenters. The average Bonchev–Trinajstić information content (AvgIpc) is 3.26.